The van der Waals surface area contributed by atoms with Crippen molar-refractivity contribution in [1.29, 1.82) is 0 Å². The topological polar surface area (TPSA) is 29.3 Å². The number of nitrogens with zero attached hydrogens (tertiary/aromatic N) is 1. The Bertz CT molecular complexity index is 563. The summed E-state index contributed by atoms with van der Waals surface area (Å²) < 4.78 is 0. The van der Waals surface area contributed by atoms with Crippen molar-refractivity contribution < 1.29 is 0 Å². The van der Waals surface area contributed by atoms with Crippen LogP contribution >= 0.6 is 0 Å². The molecule has 0 aliphatic heterocycles. The summed E-state index contributed by atoms with van der Waals surface area (Å²) in [6, 6.07) is 11.5. The summed E-state index contributed by atoms with van der Waals surface area (Å²) >= 11 is 0. The highest BCUT2D eigenvalue weighted by Crippen LogP contribution is 2.44. The minimum atomic E-state index is 0.242. The molecule has 138 valence electrons. The predicted molar refractivity (Wildman–Crippen MR) is 105 cm³/mol. The number of nitrogens with two attached hydrogens (primary N) is 1. The zero-order valence-electron chi connectivity index (χ0n) is 16.0. The molecule has 0 bridgehead atoms. The molecule has 1 aromatic rings. The molecule has 4 atom stereocenters. The Labute approximate surface area is 154 Å². The number of benzene rings is 1. The van der Waals surface area contributed by atoms with Gasteiger partial charge in [-0.3, -0.25) is 4.90 Å². The Kier molecular flexibility index (Phi) is 5.47. The third-order valence-electron chi connectivity index (χ3n) is 7.19. The van der Waals surface area contributed by atoms with E-state index in [1.165, 1.54) is 69.8 Å². The predicted octanol–water partition coefficient (Wildman–Crippen LogP) is 5.73. The highest BCUT2D eigenvalue weighted by Gasteiger charge is 2.38. The van der Waals surface area contributed by atoms with Gasteiger partial charge in [-0.2, -0.15) is 0 Å². The number of hydrogen-bond donors (Lipinski definition) is 1. The van der Waals surface area contributed by atoms with Gasteiger partial charge < -0.3 is 5.73 Å². The average Bonchev–Trinajstić information content (AvgIpc) is 2.65. The van der Waals surface area contributed by atoms with Gasteiger partial charge in [-0.05, 0) is 55.6 Å². The normalized spacial score (nSPS) is 34.0. The molecule has 2 heteroatoms. The van der Waals surface area contributed by atoms with Crippen molar-refractivity contribution in [3.63, 3.8) is 0 Å². The van der Waals surface area contributed by atoms with Crippen molar-refractivity contribution in [1.82, 2.24) is 4.90 Å². The van der Waals surface area contributed by atoms with Gasteiger partial charge in [-0.1, -0.05) is 63.3 Å². The van der Waals surface area contributed by atoms with Gasteiger partial charge in [-0.15, -0.1) is 0 Å². The van der Waals surface area contributed by atoms with E-state index in [-0.39, 0.29) is 6.04 Å². The quantitative estimate of drug-likeness (QED) is 0.761. The van der Waals surface area contributed by atoms with Crippen molar-refractivity contribution in [2.24, 2.45) is 11.7 Å². The van der Waals surface area contributed by atoms with Crippen molar-refractivity contribution in [3.8, 4) is 0 Å². The first-order chi connectivity index (χ1) is 12.2. The molecule has 3 aliphatic rings. The molecular formula is C23H36N2. The molecule has 0 aromatic heterocycles. The Balaban J connectivity index is 1.66. The molecular weight excluding hydrogens is 304 g/mol. The van der Waals surface area contributed by atoms with E-state index in [9.17, 15) is 0 Å². The van der Waals surface area contributed by atoms with Crippen molar-refractivity contribution >= 4 is 0 Å². The second-order valence-corrected chi connectivity index (χ2v) is 8.99. The van der Waals surface area contributed by atoms with Gasteiger partial charge >= 0.3 is 0 Å². The van der Waals surface area contributed by atoms with Gasteiger partial charge in [0, 0.05) is 24.2 Å². The maximum absolute atomic E-state index is 6.47. The van der Waals surface area contributed by atoms with E-state index in [4.69, 9.17) is 5.73 Å². The molecule has 0 amide bonds. The van der Waals surface area contributed by atoms with Crippen LogP contribution in [0.5, 0.6) is 0 Å². The van der Waals surface area contributed by atoms with Crippen LogP contribution in [0.25, 0.3) is 0 Å². The molecule has 0 saturated heterocycles. The van der Waals surface area contributed by atoms with E-state index in [1.54, 1.807) is 5.56 Å². The molecule has 4 unspecified atom stereocenters. The van der Waals surface area contributed by atoms with Crippen LogP contribution in [0.4, 0.5) is 0 Å². The van der Waals surface area contributed by atoms with Crippen LogP contribution in [-0.4, -0.2) is 17.0 Å². The largest absolute Gasteiger partial charge is 0.324 e. The standard InChI is InChI=1S/C23H36N2/c1-17-8-7-11-19(16-17)25(18-9-3-2-4-10-18)23-15-14-22(24)20-12-5-6-13-21(20)23/h5-6,12-13,17-19,22-23H,2-4,7-11,14-16,24H2,1H3. The van der Waals surface area contributed by atoms with Gasteiger partial charge in [0.05, 0.1) is 0 Å². The van der Waals surface area contributed by atoms with Gasteiger partial charge in [0.25, 0.3) is 0 Å². The van der Waals surface area contributed by atoms with Crippen LogP contribution in [-0.2, 0) is 0 Å². The summed E-state index contributed by atoms with van der Waals surface area (Å²) in [5.41, 5.74) is 9.44. The van der Waals surface area contributed by atoms with Gasteiger partial charge in [0.1, 0.15) is 0 Å². The maximum Gasteiger partial charge on any atom is 0.0358 e. The maximum atomic E-state index is 6.47. The lowest BCUT2D eigenvalue weighted by Crippen LogP contribution is -2.49. The van der Waals surface area contributed by atoms with E-state index in [0.717, 1.165) is 24.4 Å². The van der Waals surface area contributed by atoms with E-state index in [2.05, 4.69) is 36.1 Å². The fraction of sp³-hybridized carbons (Fsp3) is 0.739. The summed E-state index contributed by atoms with van der Waals surface area (Å²) in [6.45, 7) is 2.47. The minimum Gasteiger partial charge on any atom is -0.324 e. The molecule has 0 radical (unpaired) electrons. The fourth-order valence-corrected chi connectivity index (χ4v) is 5.97. The van der Waals surface area contributed by atoms with Crippen LogP contribution in [0.15, 0.2) is 24.3 Å². The van der Waals surface area contributed by atoms with Crippen LogP contribution in [0.2, 0.25) is 0 Å². The van der Waals surface area contributed by atoms with Gasteiger partial charge in [-0.25, -0.2) is 0 Å². The first kappa shape index (κ1) is 17.5. The lowest BCUT2D eigenvalue weighted by molar-refractivity contribution is 0.0191. The van der Waals surface area contributed by atoms with Crippen LogP contribution < -0.4 is 5.73 Å². The highest BCUT2D eigenvalue weighted by molar-refractivity contribution is 5.35. The van der Waals surface area contributed by atoms with Crippen LogP contribution in [0.1, 0.15) is 101 Å². The molecule has 2 N–H and O–H groups in total. The second kappa shape index (κ2) is 7.80. The Morgan fingerprint density at radius 1 is 0.800 bits per heavy atom. The third kappa shape index (κ3) is 3.66. The van der Waals surface area contributed by atoms with Gasteiger partial charge in [0.15, 0.2) is 0 Å². The SMILES string of the molecule is CC1CCCC(N(C2CCCCC2)C2CCC(N)c3ccccc32)C1. The smallest absolute Gasteiger partial charge is 0.0358 e. The lowest BCUT2D eigenvalue weighted by atomic mass is 9.78. The summed E-state index contributed by atoms with van der Waals surface area (Å²) in [5, 5.41) is 0. The molecule has 2 fully saturated rings. The van der Waals surface area contributed by atoms with E-state index < -0.39 is 0 Å². The Hall–Kier alpha value is -0.860. The lowest BCUT2D eigenvalue weighted by Gasteiger charge is -2.49. The Morgan fingerprint density at radius 3 is 2.28 bits per heavy atom. The number of fused-ring (bicyclic) bond motifs is 1. The summed E-state index contributed by atoms with van der Waals surface area (Å²) in [4.78, 5) is 3.01. The molecule has 2 nitrogen and oxygen atoms in total. The summed E-state index contributed by atoms with van der Waals surface area (Å²) in [7, 11) is 0. The number of rotatable bonds is 3. The summed E-state index contributed by atoms with van der Waals surface area (Å²) in [6.07, 6.45) is 15.2. The monoisotopic (exact) mass is 340 g/mol. The van der Waals surface area contributed by atoms with Gasteiger partial charge in [0.2, 0.25) is 0 Å². The molecule has 2 saturated carbocycles. The fourth-order valence-electron chi connectivity index (χ4n) is 5.97. The van der Waals surface area contributed by atoms with Crippen molar-refractivity contribution in [2.45, 2.75) is 102 Å². The third-order valence-corrected chi connectivity index (χ3v) is 7.19. The van der Waals surface area contributed by atoms with Crippen molar-refractivity contribution in [2.75, 3.05) is 0 Å². The molecule has 3 aliphatic carbocycles. The van der Waals surface area contributed by atoms with Crippen LogP contribution in [0, 0.1) is 5.92 Å². The minimum absolute atomic E-state index is 0.242. The molecule has 25 heavy (non-hydrogen) atoms. The van der Waals surface area contributed by atoms with Crippen molar-refractivity contribution in [3.05, 3.63) is 35.4 Å². The first-order valence-electron chi connectivity index (χ1n) is 10.9. The Morgan fingerprint density at radius 2 is 1.52 bits per heavy atom. The summed E-state index contributed by atoms with van der Waals surface area (Å²) in [5.74, 6) is 0.894. The van der Waals surface area contributed by atoms with Crippen LogP contribution in [0.3, 0.4) is 0 Å². The molecule has 0 spiro atoms. The molecule has 1 aromatic carbocycles. The molecule has 0 heterocycles. The average molecular weight is 341 g/mol. The van der Waals surface area contributed by atoms with E-state index in [1.807, 2.05) is 0 Å². The molecule has 4 rings (SSSR count). The van der Waals surface area contributed by atoms with E-state index >= 15 is 0 Å². The zero-order valence-corrected chi connectivity index (χ0v) is 16.0. The second-order valence-electron chi connectivity index (χ2n) is 8.99. The zero-order chi connectivity index (χ0) is 17.2. The first-order valence-corrected chi connectivity index (χ1v) is 10.9. The van der Waals surface area contributed by atoms with E-state index in [0.29, 0.717) is 6.04 Å². The number of hydrogen-bond acceptors (Lipinski definition) is 2. The highest BCUT2D eigenvalue weighted by atomic mass is 15.2.